The van der Waals surface area contributed by atoms with Gasteiger partial charge in [0.2, 0.25) is 0 Å². The Balaban J connectivity index is 2.09. The van der Waals surface area contributed by atoms with Gasteiger partial charge in [-0.2, -0.15) is 0 Å². The van der Waals surface area contributed by atoms with Crippen LogP contribution >= 0.6 is 15.9 Å². The van der Waals surface area contributed by atoms with E-state index < -0.39 is 0 Å². The van der Waals surface area contributed by atoms with Crippen molar-refractivity contribution in [1.29, 1.82) is 0 Å². The number of halogens is 2. The van der Waals surface area contributed by atoms with Gasteiger partial charge in [-0.05, 0) is 51.8 Å². The molecule has 0 bridgehead atoms. The lowest BCUT2D eigenvalue weighted by atomic mass is 10.2. The van der Waals surface area contributed by atoms with Crippen molar-refractivity contribution in [2.45, 2.75) is 6.54 Å². The molecule has 0 radical (unpaired) electrons. The maximum absolute atomic E-state index is 13.4. The van der Waals surface area contributed by atoms with Crippen LogP contribution in [-0.4, -0.2) is 16.0 Å². The molecule has 7 heteroatoms. The maximum atomic E-state index is 13.4. The normalized spacial score (nSPS) is 11.4. The van der Waals surface area contributed by atoms with Gasteiger partial charge in [-0.15, -0.1) is 0 Å². The van der Waals surface area contributed by atoms with Gasteiger partial charge in [-0.3, -0.25) is 4.98 Å². The van der Waals surface area contributed by atoms with Gasteiger partial charge in [-0.25, -0.2) is 4.39 Å². The number of hydrogen-bond acceptors (Lipinski definition) is 4. The quantitative estimate of drug-likeness (QED) is 0.346. The summed E-state index contributed by atoms with van der Waals surface area (Å²) in [5.74, 6) is -0.386. The summed E-state index contributed by atoms with van der Waals surface area (Å²) in [6.07, 6.45) is 1.56. The van der Waals surface area contributed by atoms with Gasteiger partial charge in [0.1, 0.15) is 11.5 Å². The molecule has 0 aliphatic rings. The topological polar surface area (TPSA) is 83.5 Å². The summed E-state index contributed by atoms with van der Waals surface area (Å²) in [6, 6.07) is 8.27. The van der Waals surface area contributed by atoms with Crippen LogP contribution in [0.1, 0.15) is 11.3 Å². The van der Waals surface area contributed by atoms with E-state index in [0.717, 1.165) is 5.56 Å². The van der Waals surface area contributed by atoms with Crippen molar-refractivity contribution in [3.05, 3.63) is 58.1 Å². The number of pyridine rings is 1. The number of hydrogen-bond donors (Lipinski definition) is 3. The molecule has 4 N–H and O–H groups in total. The zero-order valence-corrected chi connectivity index (χ0v) is 11.9. The predicted molar refractivity (Wildman–Crippen MR) is 78.2 cm³/mol. The summed E-state index contributed by atoms with van der Waals surface area (Å²) in [5.41, 5.74) is 7.39. The molecular formula is C13H12BrFN4O. The summed E-state index contributed by atoms with van der Waals surface area (Å²) >= 11 is 3.10. The Bertz CT molecular complexity index is 648. The van der Waals surface area contributed by atoms with Crippen molar-refractivity contribution in [3.8, 4) is 0 Å². The van der Waals surface area contributed by atoms with Gasteiger partial charge in [0.05, 0.1) is 4.47 Å². The second kappa shape index (κ2) is 6.33. The fourth-order valence-corrected chi connectivity index (χ4v) is 1.83. The van der Waals surface area contributed by atoms with Crippen LogP contribution < -0.4 is 11.1 Å². The molecule has 1 aromatic carbocycles. The first-order valence-electron chi connectivity index (χ1n) is 5.72. The number of nitrogens with two attached hydrogens (primary N) is 1. The third-order valence-electron chi connectivity index (χ3n) is 2.61. The zero-order chi connectivity index (χ0) is 14.5. The molecule has 0 unspecified atom stereocenters. The van der Waals surface area contributed by atoms with E-state index in [4.69, 9.17) is 10.9 Å². The number of amidine groups is 1. The summed E-state index contributed by atoms with van der Waals surface area (Å²) in [5, 5.41) is 14.6. The van der Waals surface area contributed by atoms with Crippen LogP contribution in [0.5, 0.6) is 0 Å². The van der Waals surface area contributed by atoms with Crippen molar-refractivity contribution >= 4 is 27.5 Å². The highest BCUT2D eigenvalue weighted by Gasteiger charge is 2.03. The van der Waals surface area contributed by atoms with Crippen LogP contribution in [0.2, 0.25) is 0 Å². The van der Waals surface area contributed by atoms with E-state index in [-0.39, 0.29) is 11.7 Å². The van der Waals surface area contributed by atoms with Crippen molar-refractivity contribution < 1.29 is 9.60 Å². The minimum Gasteiger partial charge on any atom is -0.409 e. The minimum absolute atomic E-state index is 0.0541. The van der Waals surface area contributed by atoms with Crippen molar-refractivity contribution in [3.63, 3.8) is 0 Å². The van der Waals surface area contributed by atoms with Crippen LogP contribution in [-0.2, 0) is 6.54 Å². The van der Waals surface area contributed by atoms with E-state index in [1.807, 2.05) is 0 Å². The van der Waals surface area contributed by atoms with E-state index in [9.17, 15) is 4.39 Å². The number of aromatic nitrogens is 1. The number of nitrogens with one attached hydrogen (secondary N) is 1. The van der Waals surface area contributed by atoms with E-state index in [2.05, 4.69) is 31.4 Å². The third kappa shape index (κ3) is 3.45. The summed E-state index contributed by atoms with van der Waals surface area (Å²) in [4.78, 5) is 3.98. The highest BCUT2D eigenvalue weighted by molar-refractivity contribution is 9.10. The largest absolute Gasteiger partial charge is 0.409 e. The van der Waals surface area contributed by atoms with Gasteiger partial charge >= 0.3 is 0 Å². The number of rotatable bonds is 4. The lowest BCUT2D eigenvalue weighted by Gasteiger charge is -2.08. The van der Waals surface area contributed by atoms with Crippen LogP contribution in [0.4, 0.5) is 10.1 Å². The third-order valence-corrected chi connectivity index (χ3v) is 3.25. The number of nitrogens with zero attached hydrogens (tertiary/aromatic N) is 2. The average molecular weight is 339 g/mol. The molecule has 1 heterocycles. The molecular weight excluding hydrogens is 327 g/mol. The van der Waals surface area contributed by atoms with Crippen molar-refractivity contribution in [2.75, 3.05) is 5.32 Å². The molecule has 5 nitrogen and oxygen atoms in total. The predicted octanol–water partition coefficient (Wildman–Crippen LogP) is 2.69. The number of oxime groups is 1. The van der Waals surface area contributed by atoms with E-state index in [1.165, 1.54) is 6.07 Å². The SMILES string of the molecule is NC(=NO)c1cc(CNc2ccc(Br)c(F)c2)ccn1. The number of benzene rings is 1. The molecule has 0 aliphatic heterocycles. The maximum Gasteiger partial charge on any atom is 0.188 e. The van der Waals surface area contributed by atoms with Crippen molar-refractivity contribution in [1.82, 2.24) is 4.98 Å². The van der Waals surface area contributed by atoms with Gasteiger partial charge < -0.3 is 16.3 Å². The minimum atomic E-state index is -0.331. The molecule has 0 fully saturated rings. The first kappa shape index (κ1) is 14.3. The Morgan fingerprint density at radius 2 is 2.20 bits per heavy atom. The van der Waals surface area contributed by atoms with Crippen LogP contribution in [0.25, 0.3) is 0 Å². The lowest BCUT2D eigenvalue weighted by molar-refractivity contribution is 0.318. The standard InChI is InChI=1S/C13H12BrFN4O/c14-10-2-1-9(6-11(10)15)18-7-8-3-4-17-12(5-8)13(16)19-20/h1-6,18,20H,7H2,(H2,16,19). The Kier molecular flexibility index (Phi) is 4.52. The summed E-state index contributed by atoms with van der Waals surface area (Å²) in [6.45, 7) is 0.468. The lowest BCUT2D eigenvalue weighted by Crippen LogP contribution is -2.15. The fraction of sp³-hybridized carbons (Fsp3) is 0.0769. The first-order valence-corrected chi connectivity index (χ1v) is 6.51. The molecule has 0 saturated carbocycles. The van der Waals surface area contributed by atoms with Gasteiger partial charge in [0.25, 0.3) is 0 Å². The zero-order valence-electron chi connectivity index (χ0n) is 10.3. The Hall–Kier alpha value is -2.15. The Morgan fingerprint density at radius 1 is 1.40 bits per heavy atom. The van der Waals surface area contributed by atoms with E-state index in [0.29, 0.717) is 22.4 Å². The van der Waals surface area contributed by atoms with Crippen molar-refractivity contribution in [2.24, 2.45) is 10.9 Å². The molecule has 20 heavy (non-hydrogen) atoms. The van der Waals surface area contributed by atoms with E-state index >= 15 is 0 Å². The fourth-order valence-electron chi connectivity index (χ4n) is 1.59. The highest BCUT2D eigenvalue weighted by atomic mass is 79.9. The molecule has 1 aromatic heterocycles. The molecule has 0 aliphatic carbocycles. The molecule has 0 amide bonds. The summed E-state index contributed by atoms with van der Waals surface area (Å²) in [7, 11) is 0. The smallest absolute Gasteiger partial charge is 0.188 e. The monoisotopic (exact) mass is 338 g/mol. The molecule has 104 valence electrons. The second-order valence-electron chi connectivity index (χ2n) is 4.02. The van der Waals surface area contributed by atoms with Crippen LogP contribution in [0.3, 0.4) is 0 Å². The van der Waals surface area contributed by atoms with Crippen LogP contribution in [0.15, 0.2) is 46.2 Å². The molecule has 2 rings (SSSR count). The Labute approximate surface area is 123 Å². The first-order chi connectivity index (χ1) is 9.60. The second-order valence-corrected chi connectivity index (χ2v) is 4.87. The number of anilines is 1. The molecule has 0 atom stereocenters. The van der Waals surface area contributed by atoms with Gasteiger partial charge in [-0.1, -0.05) is 5.16 Å². The molecule has 0 spiro atoms. The average Bonchev–Trinajstić information content (AvgIpc) is 2.48. The molecule has 0 saturated heterocycles. The summed E-state index contributed by atoms with van der Waals surface area (Å²) < 4.78 is 13.8. The van der Waals surface area contributed by atoms with E-state index in [1.54, 1.807) is 30.5 Å². The Morgan fingerprint density at radius 3 is 2.90 bits per heavy atom. The molecule has 2 aromatic rings. The van der Waals surface area contributed by atoms with Gasteiger partial charge in [0, 0.05) is 18.4 Å². The van der Waals surface area contributed by atoms with Crippen LogP contribution in [0, 0.1) is 5.82 Å². The highest BCUT2D eigenvalue weighted by Crippen LogP contribution is 2.19. The van der Waals surface area contributed by atoms with Gasteiger partial charge in [0.15, 0.2) is 5.84 Å².